The molecule has 90 valence electrons. The Hall–Kier alpha value is -2.51. The molecule has 0 aliphatic rings. The summed E-state index contributed by atoms with van der Waals surface area (Å²) in [4.78, 5) is 23.1. The summed E-state index contributed by atoms with van der Waals surface area (Å²) in [5, 5.41) is 6.19. The molecule has 0 aromatic carbocycles. The van der Waals surface area contributed by atoms with Crippen LogP contribution in [0.15, 0.2) is 27.6 Å². The minimum absolute atomic E-state index is 0.175. The van der Waals surface area contributed by atoms with Gasteiger partial charge in [-0.05, 0) is 19.1 Å². The summed E-state index contributed by atoms with van der Waals surface area (Å²) >= 11 is 0. The fourth-order valence-electron chi connectivity index (χ4n) is 1.26. The lowest BCUT2D eigenvalue weighted by Crippen LogP contribution is -2.39. The molecule has 3 N–H and O–H groups in total. The smallest absolute Gasteiger partial charge is 0.373 e. The van der Waals surface area contributed by atoms with Gasteiger partial charge in [-0.2, -0.15) is 4.68 Å². The van der Waals surface area contributed by atoms with Crippen LogP contribution in [0.4, 0.5) is 4.79 Å². The van der Waals surface area contributed by atoms with Crippen molar-refractivity contribution in [1.82, 2.24) is 19.8 Å². The van der Waals surface area contributed by atoms with Crippen LogP contribution < -0.4 is 16.8 Å². The van der Waals surface area contributed by atoms with Crippen LogP contribution in [0.3, 0.4) is 0 Å². The fraction of sp³-hybridized carbons (Fsp3) is 0.222. The van der Waals surface area contributed by atoms with Crippen LogP contribution in [-0.2, 0) is 6.54 Å². The quantitative estimate of drug-likeness (QED) is 0.679. The van der Waals surface area contributed by atoms with Gasteiger partial charge in [0.2, 0.25) is 0 Å². The van der Waals surface area contributed by atoms with Crippen molar-refractivity contribution in [1.29, 1.82) is 0 Å². The Labute approximate surface area is 95.6 Å². The largest absolute Gasteiger partial charge is 0.467 e. The number of hydrogen-bond acceptors (Lipinski definition) is 5. The SMILES string of the molecule is Cc1nn(C(=O)NCc2ccco2)c(=O)n1N. The normalized spacial score (nSPS) is 10.4. The van der Waals surface area contributed by atoms with E-state index >= 15 is 0 Å². The Balaban J connectivity index is 2.10. The Morgan fingerprint density at radius 2 is 2.41 bits per heavy atom. The third kappa shape index (κ3) is 2.05. The second-order valence-corrected chi connectivity index (χ2v) is 3.35. The predicted molar refractivity (Wildman–Crippen MR) is 57.7 cm³/mol. The molecule has 2 aromatic rings. The zero-order valence-electron chi connectivity index (χ0n) is 9.08. The lowest BCUT2D eigenvalue weighted by Gasteiger charge is -2.00. The minimum Gasteiger partial charge on any atom is -0.467 e. The number of nitrogen functional groups attached to an aromatic ring is 1. The Kier molecular flexibility index (Phi) is 2.69. The maximum atomic E-state index is 11.6. The Morgan fingerprint density at radius 1 is 1.65 bits per heavy atom. The van der Waals surface area contributed by atoms with E-state index in [1.807, 2.05) is 0 Å². The number of hydrogen-bond donors (Lipinski definition) is 2. The zero-order valence-corrected chi connectivity index (χ0v) is 9.08. The average molecular weight is 237 g/mol. The minimum atomic E-state index is -0.695. The first-order valence-corrected chi connectivity index (χ1v) is 4.84. The molecule has 8 nitrogen and oxygen atoms in total. The highest BCUT2D eigenvalue weighted by molar-refractivity contribution is 5.75. The number of nitrogens with zero attached hydrogens (tertiary/aromatic N) is 3. The highest BCUT2D eigenvalue weighted by Crippen LogP contribution is 1.98. The molecule has 0 saturated carbocycles. The van der Waals surface area contributed by atoms with Crippen LogP contribution in [0.1, 0.15) is 11.6 Å². The van der Waals surface area contributed by atoms with Crippen LogP contribution in [0.5, 0.6) is 0 Å². The van der Waals surface area contributed by atoms with Crippen LogP contribution in [0.25, 0.3) is 0 Å². The van der Waals surface area contributed by atoms with E-state index < -0.39 is 11.7 Å². The molecule has 2 rings (SSSR count). The summed E-state index contributed by atoms with van der Waals surface area (Å²) in [6, 6.07) is 2.75. The van der Waals surface area contributed by atoms with Gasteiger partial charge in [-0.15, -0.1) is 9.78 Å². The van der Waals surface area contributed by atoms with E-state index in [1.54, 1.807) is 12.1 Å². The van der Waals surface area contributed by atoms with Gasteiger partial charge in [-0.25, -0.2) is 9.59 Å². The summed E-state index contributed by atoms with van der Waals surface area (Å²) in [6.45, 7) is 1.70. The summed E-state index contributed by atoms with van der Waals surface area (Å²) in [7, 11) is 0. The van der Waals surface area contributed by atoms with E-state index in [1.165, 1.54) is 13.2 Å². The van der Waals surface area contributed by atoms with Crippen molar-refractivity contribution < 1.29 is 9.21 Å². The first-order chi connectivity index (χ1) is 8.09. The molecule has 8 heteroatoms. The molecular weight excluding hydrogens is 226 g/mol. The summed E-state index contributed by atoms with van der Waals surface area (Å²) in [5.41, 5.74) is -0.695. The van der Waals surface area contributed by atoms with Crippen molar-refractivity contribution in [2.24, 2.45) is 0 Å². The molecule has 0 aliphatic carbocycles. The van der Waals surface area contributed by atoms with Crippen LogP contribution in [0, 0.1) is 6.92 Å². The predicted octanol–water partition coefficient (Wildman–Crippen LogP) is -0.582. The third-order valence-corrected chi connectivity index (χ3v) is 2.17. The van der Waals surface area contributed by atoms with E-state index in [0.717, 1.165) is 4.68 Å². The first-order valence-electron chi connectivity index (χ1n) is 4.84. The van der Waals surface area contributed by atoms with Crippen molar-refractivity contribution >= 4 is 6.03 Å². The van der Waals surface area contributed by atoms with Gasteiger partial charge in [0.1, 0.15) is 5.76 Å². The molecule has 1 amide bonds. The van der Waals surface area contributed by atoms with Crippen molar-refractivity contribution in [3.05, 3.63) is 40.5 Å². The number of nitrogens with two attached hydrogens (primary N) is 1. The molecule has 0 fully saturated rings. The average Bonchev–Trinajstić information content (AvgIpc) is 2.91. The lowest BCUT2D eigenvalue weighted by atomic mass is 10.4. The third-order valence-electron chi connectivity index (χ3n) is 2.17. The highest BCUT2D eigenvalue weighted by atomic mass is 16.3. The summed E-state index contributed by atoms with van der Waals surface area (Å²) in [5.74, 6) is 6.19. The van der Waals surface area contributed by atoms with E-state index in [0.29, 0.717) is 10.4 Å². The second kappa shape index (κ2) is 4.16. The molecule has 0 unspecified atom stereocenters. The summed E-state index contributed by atoms with van der Waals surface area (Å²) < 4.78 is 6.49. The fourth-order valence-corrected chi connectivity index (χ4v) is 1.26. The first kappa shape index (κ1) is 11.0. The van der Waals surface area contributed by atoms with Crippen molar-refractivity contribution in [3.8, 4) is 0 Å². The van der Waals surface area contributed by atoms with Gasteiger partial charge in [0.15, 0.2) is 5.82 Å². The van der Waals surface area contributed by atoms with Gasteiger partial charge < -0.3 is 15.6 Å². The van der Waals surface area contributed by atoms with Gasteiger partial charge in [-0.1, -0.05) is 0 Å². The number of rotatable bonds is 2. The number of carbonyl (C=O) groups excluding carboxylic acids is 1. The molecule has 0 atom stereocenters. The van der Waals surface area contributed by atoms with Crippen molar-refractivity contribution in [2.45, 2.75) is 13.5 Å². The van der Waals surface area contributed by atoms with Crippen molar-refractivity contribution in [2.75, 3.05) is 5.84 Å². The Morgan fingerprint density at radius 3 is 2.94 bits per heavy atom. The molecule has 0 bridgehead atoms. The molecule has 17 heavy (non-hydrogen) atoms. The van der Waals surface area contributed by atoms with E-state index in [9.17, 15) is 9.59 Å². The van der Waals surface area contributed by atoms with Gasteiger partial charge >= 0.3 is 11.7 Å². The number of amides is 1. The molecular formula is C9H11N5O3. The number of nitrogens with one attached hydrogen (secondary N) is 1. The van der Waals surface area contributed by atoms with Gasteiger partial charge in [0, 0.05) is 0 Å². The van der Waals surface area contributed by atoms with E-state index in [2.05, 4.69) is 10.4 Å². The number of furan rings is 1. The molecule has 2 aromatic heterocycles. The van der Waals surface area contributed by atoms with Crippen LogP contribution in [-0.4, -0.2) is 20.5 Å². The lowest BCUT2D eigenvalue weighted by molar-refractivity contribution is 0.237. The van der Waals surface area contributed by atoms with Gasteiger partial charge in [-0.3, -0.25) is 0 Å². The molecule has 2 heterocycles. The van der Waals surface area contributed by atoms with Crippen LogP contribution >= 0.6 is 0 Å². The molecule has 0 saturated heterocycles. The molecule has 0 radical (unpaired) electrons. The van der Waals surface area contributed by atoms with E-state index in [-0.39, 0.29) is 12.4 Å². The monoisotopic (exact) mass is 237 g/mol. The van der Waals surface area contributed by atoms with Gasteiger partial charge in [0.05, 0.1) is 12.8 Å². The number of aryl methyl sites for hydroxylation is 1. The number of carbonyl (C=O) groups is 1. The highest BCUT2D eigenvalue weighted by Gasteiger charge is 2.14. The Bertz CT molecular complexity index is 580. The summed E-state index contributed by atoms with van der Waals surface area (Å²) in [6.07, 6.45) is 1.49. The van der Waals surface area contributed by atoms with E-state index in [4.69, 9.17) is 10.3 Å². The topological polar surface area (TPSA) is 108 Å². The second-order valence-electron chi connectivity index (χ2n) is 3.35. The molecule has 0 spiro atoms. The van der Waals surface area contributed by atoms with Crippen molar-refractivity contribution in [3.63, 3.8) is 0 Å². The molecule has 0 aliphatic heterocycles. The van der Waals surface area contributed by atoms with Gasteiger partial charge in [0.25, 0.3) is 0 Å². The number of aromatic nitrogens is 3. The van der Waals surface area contributed by atoms with Crippen LogP contribution in [0.2, 0.25) is 0 Å². The zero-order chi connectivity index (χ0) is 12.4. The maximum absolute atomic E-state index is 11.6. The standard InChI is InChI=1S/C9H11N5O3/c1-6-12-14(9(16)13(6)10)8(15)11-5-7-3-2-4-17-7/h2-4H,5,10H2,1H3,(H,11,15). The maximum Gasteiger partial charge on any atom is 0.373 e.